The van der Waals surface area contributed by atoms with Crippen LogP contribution in [0.5, 0.6) is 0 Å². The van der Waals surface area contributed by atoms with E-state index in [1.165, 1.54) is 15.3 Å². The largest absolute Gasteiger partial charge is 0.462 e. The zero-order valence-corrected chi connectivity index (χ0v) is 13.3. The molecule has 0 atom stereocenters. The molecule has 0 unspecified atom stereocenters. The highest BCUT2D eigenvalue weighted by Crippen LogP contribution is 2.26. The summed E-state index contributed by atoms with van der Waals surface area (Å²) in [6.45, 7) is 7.02. The van der Waals surface area contributed by atoms with E-state index >= 15 is 0 Å². The lowest BCUT2D eigenvalue weighted by Crippen LogP contribution is -2.10. The Hall–Kier alpha value is -2.01. The van der Waals surface area contributed by atoms with Crippen LogP contribution >= 0.6 is 11.3 Å². The van der Waals surface area contributed by atoms with Gasteiger partial charge in [0.1, 0.15) is 0 Å². The zero-order valence-electron chi connectivity index (χ0n) is 12.5. The first-order valence-corrected chi connectivity index (χ1v) is 7.70. The molecule has 1 heterocycles. The molecule has 0 spiro atoms. The van der Waals surface area contributed by atoms with Gasteiger partial charge in [0.15, 0.2) is 0 Å². The Bertz CT molecular complexity index is 630. The van der Waals surface area contributed by atoms with Gasteiger partial charge in [-0.25, -0.2) is 4.79 Å². The van der Waals surface area contributed by atoms with E-state index in [0.717, 1.165) is 5.69 Å². The van der Waals surface area contributed by atoms with Crippen molar-refractivity contribution in [2.45, 2.75) is 27.3 Å². The van der Waals surface area contributed by atoms with Gasteiger partial charge in [-0.1, -0.05) is 6.07 Å². The van der Waals surface area contributed by atoms with E-state index in [9.17, 15) is 4.79 Å². The minimum Gasteiger partial charge on any atom is -0.462 e. The highest BCUT2D eigenvalue weighted by atomic mass is 32.1. The van der Waals surface area contributed by atoms with Gasteiger partial charge < -0.3 is 15.8 Å². The summed E-state index contributed by atoms with van der Waals surface area (Å²) in [5, 5.41) is 3.28. The summed E-state index contributed by atoms with van der Waals surface area (Å²) in [6, 6.07) is 7.51. The number of anilines is 2. The van der Waals surface area contributed by atoms with Gasteiger partial charge in [-0.05, 0) is 44.5 Å². The summed E-state index contributed by atoms with van der Waals surface area (Å²) in [4.78, 5) is 14.4. The number of nitrogens with two attached hydrogens (primary N) is 1. The van der Waals surface area contributed by atoms with E-state index in [4.69, 9.17) is 10.5 Å². The minimum atomic E-state index is -0.388. The molecule has 0 saturated carbocycles. The van der Waals surface area contributed by atoms with Crippen LogP contribution in [0.2, 0.25) is 0 Å². The normalized spacial score (nSPS) is 10.4. The average Bonchev–Trinajstić information content (AvgIpc) is 2.77. The topological polar surface area (TPSA) is 64.3 Å². The van der Waals surface area contributed by atoms with Gasteiger partial charge >= 0.3 is 5.97 Å². The number of carbonyl (C=O) groups excluding carboxylic acids is 1. The summed E-state index contributed by atoms with van der Waals surface area (Å²) in [7, 11) is 0. The molecular formula is C16H20N2O2S. The Morgan fingerprint density at radius 1 is 1.38 bits per heavy atom. The van der Waals surface area contributed by atoms with Gasteiger partial charge in [-0.3, -0.25) is 0 Å². The van der Waals surface area contributed by atoms with Gasteiger partial charge in [0, 0.05) is 16.3 Å². The maximum atomic E-state index is 11.8. The fraction of sp³-hybridized carbons (Fsp3) is 0.312. The molecular weight excluding hydrogens is 284 g/mol. The number of aryl methyl sites for hydroxylation is 2. The first-order chi connectivity index (χ1) is 10.0. The lowest BCUT2D eigenvalue weighted by Gasteiger charge is -2.11. The predicted octanol–water partition coefficient (Wildman–Crippen LogP) is 3.74. The van der Waals surface area contributed by atoms with Crippen molar-refractivity contribution < 1.29 is 9.53 Å². The molecule has 0 saturated heterocycles. The number of para-hydroxylation sites is 1. The molecule has 0 fully saturated rings. The molecule has 1 aromatic carbocycles. The lowest BCUT2D eigenvalue weighted by atomic mass is 10.1. The Kier molecular flexibility index (Phi) is 4.85. The van der Waals surface area contributed by atoms with E-state index in [1.807, 2.05) is 6.07 Å². The van der Waals surface area contributed by atoms with Crippen molar-refractivity contribution in [2.24, 2.45) is 0 Å². The maximum absolute atomic E-state index is 11.8. The highest BCUT2D eigenvalue weighted by Gasteiger charge is 2.13. The number of thiophene rings is 1. The molecule has 0 aliphatic carbocycles. The molecule has 2 aromatic rings. The number of hydrogen-bond acceptors (Lipinski definition) is 5. The molecule has 5 heteroatoms. The number of rotatable bonds is 5. The number of nitrogen functional groups attached to an aromatic ring is 1. The van der Waals surface area contributed by atoms with Crippen LogP contribution in [0.25, 0.3) is 0 Å². The number of benzene rings is 1. The van der Waals surface area contributed by atoms with Crippen molar-refractivity contribution in [1.29, 1.82) is 0 Å². The van der Waals surface area contributed by atoms with Crippen molar-refractivity contribution in [2.75, 3.05) is 17.7 Å². The molecule has 0 aliphatic heterocycles. The Morgan fingerprint density at radius 2 is 2.14 bits per heavy atom. The summed E-state index contributed by atoms with van der Waals surface area (Å²) in [5.41, 5.74) is 8.94. The Labute approximate surface area is 128 Å². The number of nitrogens with one attached hydrogen (secondary N) is 1. The van der Waals surface area contributed by atoms with Crippen molar-refractivity contribution in [3.63, 3.8) is 0 Å². The standard InChI is InChI=1S/C16H20N2O2S/c1-4-20-16(19)13-6-5-7-14(15(13)17)18-9-12-8-10(2)11(3)21-12/h5-8,18H,4,9,17H2,1-3H3. The first kappa shape index (κ1) is 15.4. The fourth-order valence-corrected chi connectivity index (χ4v) is 3.02. The van der Waals surface area contributed by atoms with E-state index in [0.29, 0.717) is 24.4 Å². The van der Waals surface area contributed by atoms with Crippen molar-refractivity contribution in [1.82, 2.24) is 0 Å². The summed E-state index contributed by atoms with van der Waals surface area (Å²) in [6.07, 6.45) is 0. The van der Waals surface area contributed by atoms with Crippen LogP contribution in [-0.4, -0.2) is 12.6 Å². The summed E-state index contributed by atoms with van der Waals surface area (Å²) >= 11 is 1.76. The van der Waals surface area contributed by atoms with Gasteiger partial charge in [0.2, 0.25) is 0 Å². The van der Waals surface area contributed by atoms with E-state index in [-0.39, 0.29) is 5.97 Å². The van der Waals surface area contributed by atoms with Crippen molar-refractivity contribution in [3.8, 4) is 0 Å². The molecule has 4 nitrogen and oxygen atoms in total. The monoisotopic (exact) mass is 304 g/mol. The summed E-state index contributed by atoms with van der Waals surface area (Å²) < 4.78 is 5.00. The number of hydrogen-bond donors (Lipinski definition) is 2. The van der Waals surface area contributed by atoms with Crippen molar-refractivity contribution in [3.05, 3.63) is 45.1 Å². The zero-order chi connectivity index (χ0) is 15.4. The molecule has 21 heavy (non-hydrogen) atoms. The average molecular weight is 304 g/mol. The van der Waals surface area contributed by atoms with Crippen LogP contribution in [-0.2, 0) is 11.3 Å². The van der Waals surface area contributed by atoms with E-state index < -0.39 is 0 Å². The predicted molar refractivity (Wildman–Crippen MR) is 87.9 cm³/mol. The third-order valence-electron chi connectivity index (χ3n) is 3.27. The highest BCUT2D eigenvalue weighted by molar-refractivity contribution is 7.12. The molecule has 0 bridgehead atoms. The third kappa shape index (κ3) is 3.55. The molecule has 112 valence electrons. The second-order valence-corrected chi connectivity index (χ2v) is 6.13. The second-order valence-electron chi connectivity index (χ2n) is 4.79. The molecule has 0 aliphatic rings. The molecule has 1 aromatic heterocycles. The van der Waals surface area contributed by atoms with Crippen LogP contribution in [0, 0.1) is 13.8 Å². The Balaban J connectivity index is 2.13. The smallest absolute Gasteiger partial charge is 0.340 e. The van der Waals surface area contributed by atoms with Gasteiger partial charge in [0.25, 0.3) is 0 Å². The number of esters is 1. The maximum Gasteiger partial charge on any atom is 0.340 e. The molecule has 0 amide bonds. The van der Waals surface area contributed by atoms with Crippen LogP contribution in [0.15, 0.2) is 24.3 Å². The van der Waals surface area contributed by atoms with E-state index in [1.54, 1.807) is 30.4 Å². The molecule has 2 rings (SSSR count). The van der Waals surface area contributed by atoms with Gasteiger partial charge in [0.05, 0.1) is 23.5 Å². The lowest BCUT2D eigenvalue weighted by molar-refractivity contribution is 0.0527. The molecule has 0 radical (unpaired) electrons. The van der Waals surface area contributed by atoms with Gasteiger partial charge in [-0.15, -0.1) is 11.3 Å². The molecule has 3 N–H and O–H groups in total. The van der Waals surface area contributed by atoms with Crippen LogP contribution < -0.4 is 11.1 Å². The first-order valence-electron chi connectivity index (χ1n) is 6.88. The van der Waals surface area contributed by atoms with E-state index in [2.05, 4.69) is 25.2 Å². The SMILES string of the molecule is CCOC(=O)c1cccc(NCc2cc(C)c(C)s2)c1N. The van der Waals surface area contributed by atoms with Crippen LogP contribution in [0.3, 0.4) is 0 Å². The minimum absolute atomic E-state index is 0.337. The van der Waals surface area contributed by atoms with Crippen LogP contribution in [0.4, 0.5) is 11.4 Å². The quantitative estimate of drug-likeness (QED) is 0.652. The summed E-state index contributed by atoms with van der Waals surface area (Å²) in [5.74, 6) is -0.388. The number of ether oxygens (including phenoxy) is 1. The van der Waals surface area contributed by atoms with Crippen LogP contribution in [0.1, 0.15) is 32.6 Å². The Morgan fingerprint density at radius 3 is 2.76 bits per heavy atom. The fourth-order valence-electron chi connectivity index (χ4n) is 2.03. The van der Waals surface area contributed by atoms with Gasteiger partial charge in [-0.2, -0.15) is 0 Å². The third-order valence-corrected chi connectivity index (χ3v) is 4.42. The second kappa shape index (κ2) is 6.63. The van der Waals surface area contributed by atoms with Crippen molar-refractivity contribution >= 4 is 28.7 Å². The number of carbonyl (C=O) groups is 1.